The van der Waals surface area contributed by atoms with Gasteiger partial charge in [-0.05, 0) is 37.1 Å². The molecule has 0 bridgehead atoms. The number of ether oxygens (including phenoxy) is 1. The predicted octanol–water partition coefficient (Wildman–Crippen LogP) is 4.47. The summed E-state index contributed by atoms with van der Waals surface area (Å²) in [6.07, 6.45) is 0.894. The topological polar surface area (TPSA) is 21.6 Å². The zero-order valence-electron chi connectivity index (χ0n) is 11.6. The van der Waals surface area contributed by atoms with Crippen molar-refractivity contribution in [2.75, 3.05) is 13.2 Å². The highest BCUT2D eigenvalue weighted by Gasteiger charge is 2.03. The lowest BCUT2D eigenvalue weighted by Gasteiger charge is -2.08. The summed E-state index contributed by atoms with van der Waals surface area (Å²) in [5.74, 6) is 0.722. The summed E-state index contributed by atoms with van der Waals surface area (Å²) >= 11 is 3.56. The Balaban J connectivity index is 2.05. The summed E-state index contributed by atoms with van der Waals surface area (Å²) in [7, 11) is 0. The third-order valence-corrected chi connectivity index (χ3v) is 3.67. The minimum absolute atomic E-state index is 0.628. The Labute approximate surface area is 128 Å². The van der Waals surface area contributed by atoms with E-state index in [0.717, 1.165) is 22.4 Å². The second-order valence-electron chi connectivity index (χ2n) is 4.33. The third-order valence-electron chi connectivity index (χ3n) is 2.90. The number of halogens is 1. The molecule has 2 nitrogen and oxygen atoms in total. The van der Waals surface area contributed by atoms with Crippen molar-refractivity contribution in [2.24, 2.45) is 4.99 Å². The van der Waals surface area contributed by atoms with E-state index in [-0.39, 0.29) is 0 Å². The molecule has 0 saturated heterocycles. The maximum absolute atomic E-state index is 5.63. The summed E-state index contributed by atoms with van der Waals surface area (Å²) in [5.41, 5.74) is 2.29. The summed E-state index contributed by atoms with van der Waals surface area (Å²) < 4.78 is 6.77. The fourth-order valence-corrected chi connectivity index (χ4v) is 2.40. The maximum Gasteiger partial charge on any atom is 0.216 e. The zero-order chi connectivity index (χ0) is 14.2. The van der Waals surface area contributed by atoms with Gasteiger partial charge in [-0.1, -0.05) is 52.3 Å². The first-order valence-corrected chi connectivity index (χ1v) is 7.56. The molecule has 0 saturated carbocycles. The molecule has 0 heterocycles. The number of aliphatic imine (C=N–C) groups is 1. The molecule has 0 aliphatic rings. The fraction of sp³-hybridized carbons (Fsp3) is 0.235. The smallest absolute Gasteiger partial charge is 0.216 e. The summed E-state index contributed by atoms with van der Waals surface area (Å²) in [5, 5.41) is 0. The van der Waals surface area contributed by atoms with Crippen molar-refractivity contribution >= 4 is 21.8 Å². The van der Waals surface area contributed by atoms with Gasteiger partial charge in [-0.3, -0.25) is 4.99 Å². The van der Waals surface area contributed by atoms with Gasteiger partial charge in [0, 0.05) is 16.6 Å². The van der Waals surface area contributed by atoms with E-state index >= 15 is 0 Å². The van der Waals surface area contributed by atoms with Crippen LogP contribution in [0.1, 0.15) is 18.1 Å². The van der Waals surface area contributed by atoms with Crippen molar-refractivity contribution in [2.45, 2.75) is 13.3 Å². The molecule has 0 unspecified atom stereocenters. The molecule has 2 aromatic carbocycles. The molecule has 20 heavy (non-hydrogen) atoms. The molecule has 0 aliphatic heterocycles. The van der Waals surface area contributed by atoms with Crippen LogP contribution >= 0.6 is 15.9 Å². The average Bonchev–Trinajstić information content (AvgIpc) is 2.49. The van der Waals surface area contributed by atoms with E-state index in [1.165, 1.54) is 5.56 Å². The molecule has 2 rings (SSSR count). The van der Waals surface area contributed by atoms with E-state index in [4.69, 9.17) is 4.74 Å². The summed E-state index contributed by atoms with van der Waals surface area (Å²) in [6.45, 7) is 3.32. The normalized spacial score (nSPS) is 11.4. The van der Waals surface area contributed by atoms with Crippen LogP contribution in [0.5, 0.6) is 0 Å². The van der Waals surface area contributed by atoms with Crippen LogP contribution < -0.4 is 0 Å². The van der Waals surface area contributed by atoms with Crippen LogP contribution in [0.2, 0.25) is 0 Å². The number of hydrogen-bond donors (Lipinski definition) is 0. The average molecular weight is 332 g/mol. The highest BCUT2D eigenvalue weighted by atomic mass is 79.9. The summed E-state index contributed by atoms with van der Waals surface area (Å²) in [4.78, 5) is 4.59. The van der Waals surface area contributed by atoms with E-state index in [9.17, 15) is 0 Å². The molecule has 0 amide bonds. The van der Waals surface area contributed by atoms with Gasteiger partial charge < -0.3 is 4.74 Å². The highest BCUT2D eigenvalue weighted by Crippen LogP contribution is 2.16. The minimum Gasteiger partial charge on any atom is -0.478 e. The zero-order valence-corrected chi connectivity index (χ0v) is 13.1. The van der Waals surface area contributed by atoms with Crippen LogP contribution in [-0.2, 0) is 11.2 Å². The SMILES string of the molecule is CCOC(=NCCc1ccccc1Br)c1ccccc1. The maximum atomic E-state index is 5.63. The van der Waals surface area contributed by atoms with Crippen LogP contribution in [0.15, 0.2) is 64.1 Å². The first kappa shape index (κ1) is 14.8. The quantitative estimate of drug-likeness (QED) is 0.585. The Hall–Kier alpha value is -1.61. The monoisotopic (exact) mass is 331 g/mol. The minimum atomic E-state index is 0.628. The lowest BCUT2D eigenvalue weighted by molar-refractivity contribution is 0.327. The van der Waals surface area contributed by atoms with Crippen molar-refractivity contribution in [1.29, 1.82) is 0 Å². The van der Waals surface area contributed by atoms with E-state index in [2.05, 4.69) is 33.1 Å². The van der Waals surface area contributed by atoms with Gasteiger partial charge in [0.05, 0.1) is 6.61 Å². The first-order valence-electron chi connectivity index (χ1n) is 6.77. The lowest BCUT2D eigenvalue weighted by Crippen LogP contribution is -2.08. The van der Waals surface area contributed by atoms with E-state index in [0.29, 0.717) is 13.2 Å². The van der Waals surface area contributed by atoms with Crippen molar-refractivity contribution in [3.05, 3.63) is 70.2 Å². The van der Waals surface area contributed by atoms with E-state index in [1.54, 1.807) is 0 Å². The number of nitrogens with zero attached hydrogens (tertiary/aromatic N) is 1. The Morgan fingerprint density at radius 2 is 1.75 bits per heavy atom. The Bertz CT molecular complexity index is 566. The molecule has 0 fully saturated rings. The lowest BCUT2D eigenvalue weighted by atomic mass is 10.1. The van der Waals surface area contributed by atoms with Gasteiger partial charge in [0.1, 0.15) is 0 Å². The Morgan fingerprint density at radius 1 is 1.05 bits per heavy atom. The molecule has 0 aromatic heterocycles. The molecule has 0 atom stereocenters. The van der Waals surface area contributed by atoms with E-state index < -0.39 is 0 Å². The number of rotatable bonds is 5. The van der Waals surface area contributed by atoms with Crippen LogP contribution in [0, 0.1) is 0 Å². The molecule has 2 aromatic rings. The summed E-state index contributed by atoms with van der Waals surface area (Å²) in [6, 6.07) is 18.3. The molecular formula is C17H18BrNO. The van der Waals surface area contributed by atoms with Crippen molar-refractivity contribution in [3.63, 3.8) is 0 Å². The van der Waals surface area contributed by atoms with Gasteiger partial charge in [0.25, 0.3) is 0 Å². The number of benzene rings is 2. The van der Waals surface area contributed by atoms with Gasteiger partial charge in [-0.15, -0.1) is 0 Å². The highest BCUT2D eigenvalue weighted by molar-refractivity contribution is 9.10. The van der Waals surface area contributed by atoms with Crippen LogP contribution in [0.25, 0.3) is 0 Å². The Morgan fingerprint density at radius 3 is 2.45 bits per heavy atom. The standard InChI is InChI=1S/C17H18BrNO/c1-2-20-17(15-9-4-3-5-10-15)19-13-12-14-8-6-7-11-16(14)18/h3-11H,2,12-13H2,1H3. The van der Waals surface area contributed by atoms with Crippen molar-refractivity contribution in [3.8, 4) is 0 Å². The van der Waals surface area contributed by atoms with Crippen molar-refractivity contribution < 1.29 is 4.74 Å². The number of hydrogen-bond acceptors (Lipinski definition) is 2. The largest absolute Gasteiger partial charge is 0.478 e. The van der Waals surface area contributed by atoms with Gasteiger partial charge in [0.15, 0.2) is 0 Å². The molecule has 0 radical (unpaired) electrons. The van der Waals surface area contributed by atoms with Crippen molar-refractivity contribution in [1.82, 2.24) is 0 Å². The molecule has 0 aliphatic carbocycles. The van der Waals surface area contributed by atoms with Gasteiger partial charge >= 0.3 is 0 Å². The van der Waals surface area contributed by atoms with Crippen LogP contribution in [0.3, 0.4) is 0 Å². The van der Waals surface area contributed by atoms with E-state index in [1.807, 2.05) is 49.4 Å². The Kier molecular flexibility index (Phi) is 5.81. The molecule has 0 N–H and O–H groups in total. The van der Waals surface area contributed by atoms with Gasteiger partial charge in [-0.25, -0.2) is 0 Å². The molecular weight excluding hydrogens is 314 g/mol. The fourth-order valence-electron chi connectivity index (χ4n) is 1.92. The predicted molar refractivity (Wildman–Crippen MR) is 87.3 cm³/mol. The second kappa shape index (κ2) is 7.85. The van der Waals surface area contributed by atoms with Gasteiger partial charge in [0.2, 0.25) is 5.90 Å². The van der Waals surface area contributed by atoms with Gasteiger partial charge in [-0.2, -0.15) is 0 Å². The third kappa shape index (κ3) is 4.20. The van der Waals surface area contributed by atoms with Crippen LogP contribution in [0.4, 0.5) is 0 Å². The molecule has 104 valence electrons. The van der Waals surface area contributed by atoms with Crippen LogP contribution in [-0.4, -0.2) is 19.0 Å². The molecule has 0 spiro atoms. The second-order valence-corrected chi connectivity index (χ2v) is 5.18. The first-order chi connectivity index (χ1) is 9.81. The molecule has 3 heteroatoms.